The molecule has 2 aliphatic carbocycles. The summed E-state index contributed by atoms with van der Waals surface area (Å²) in [6.07, 6.45) is 2.67. The van der Waals surface area contributed by atoms with Crippen LogP contribution in [-0.4, -0.2) is 21.0 Å². The highest BCUT2D eigenvalue weighted by Gasteiger charge is 2.45. The van der Waals surface area contributed by atoms with Crippen LogP contribution in [0.2, 0.25) is 0 Å². The predicted molar refractivity (Wildman–Crippen MR) is 115 cm³/mol. The maximum absolute atomic E-state index is 14.2. The summed E-state index contributed by atoms with van der Waals surface area (Å²) in [7, 11) is 1.48. The molecule has 0 saturated heterocycles. The largest absolute Gasteiger partial charge is 0.362 e. The summed E-state index contributed by atoms with van der Waals surface area (Å²) in [5.41, 5.74) is -0.321. The predicted octanol–water partition coefficient (Wildman–Crippen LogP) is 3.76. The minimum atomic E-state index is -2.84. The van der Waals surface area contributed by atoms with Crippen molar-refractivity contribution >= 4 is 16.6 Å². The van der Waals surface area contributed by atoms with Crippen LogP contribution in [0, 0.1) is 0 Å². The lowest BCUT2D eigenvalue weighted by atomic mass is 9.97. The topological polar surface area (TPSA) is 68.9 Å². The molecule has 1 aromatic carbocycles. The third-order valence-electron chi connectivity index (χ3n) is 6.79. The molecule has 6 nitrogen and oxygen atoms in total. The lowest BCUT2D eigenvalue weighted by Gasteiger charge is -2.21. The van der Waals surface area contributed by atoms with Gasteiger partial charge in [0.2, 0.25) is 0 Å². The number of hydrogen-bond donors (Lipinski definition) is 1. The molecule has 1 N–H and O–H groups in total. The van der Waals surface area contributed by atoms with Gasteiger partial charge >= 0.3 is 0 Å². The molecule has 2 aliphatic rings. The van der Waals surface area contributed by atoms with Gasteiger partial charge in [0, 0.05) is 36.7 Å². The average molecular weight is 444 g/mol. The van der Waals surface area contributed by atoms with Gasteiger partial charge in [-0.25, -0.2) is 17.9 Å². The normalized spacial score (nSPS) is 19.0. The molecule has 1 fully saturated rings. The molecule has 2 aromatic heterocycles. The first-order chi connectivity index (χ1) is 15.2. The van der Waals surface area contributed by atoms with Crippen molar-refractivity contribution in [3.8, 4) is 0 Å². The van der Waals surface area contributed by atoms with Crippen LogP contribution in [0.3, 0.4) is 0 Å². The number of anilines is 1. The van der Waals surface area contributed by atoms with Gasteiger partial charge in [0.25, 0.3) is 17.0 Å². The zero-order chi connectivity index (χ0) is 22.8. The van der Waals surface area contributed by atoms with Gasteiger partial charge in [0.05, 0.1) is 17.0 Å². The third-order valence-corrected chi connectivity index (χ3v) is 6.79. The second-order valence-corrected chi connectivity index (χ2v) is 8.89. The zero-order valence-corrected chi connectivity index (χ0v) is 17.8. The van der Waals surface area contributed by atoms with E-state index in [-0.39, 0.29) is 29.8 Å². The smallest absolute Gasteiger partial charge is 0.274 e. The number of aromatic nitrogens is 3. The summed E-state index contributed by atoms with van der Waals surface area (Å²) in [5.74, 6) is -2.51. The minimum Gasteiger partial charge on any atom is -0.362 e. The van der Waals surface area contributed by atoms with Crippen molar-refractivity contribution in [2.24, 2.45) is 7.05 Å². The Balaban J connectivity index is 1.62. The SMILES string of the molecule is C[C@@H](Nc1nn(C)c(=O)c2cc(=O)n(C3(CF)CC3)cc12)c1cccc2c1CCC2(F)F. The Kier molecular flexibility index (Phi) is 4.51. The van der Waals surface area contributed by atoms with Crippen molar-refractivity contribution in [3.63, 3.8) is 0 Å². The maximum atomic E-state index is 14.2. The second kappa shape index (κ2) is 6.95. The molecule has 0 spiro atoms. The van der Waals surface area contributed by atoms with Crippen molar-refractivity contribution in [1.82, 2.24) is 14.3 Å². The van der Waals surface area contributed by atoms with Gasteiger partial charge < -0.3 is 9.88 Å². The molecular formula is C23H23F3N4O2. The molecule has 1 saturated carbocycles. The number of halogens is 3. The van der Waals surface area contributed by atoms with Crippen LogP contribution in [0.4, 0.5) is 19.0 Å². The van der Waals surface area contributed by atoms with Crippen LogP contribution in [0.15, 0.2) is 40.1 Å². The van der Waals surface area contributed by atoms with E-state index in [1.165, 1.54) is 29.9 Å². The maximum Gasteiger partial charge on any atom is 0.274 e. The molecule has 32 heavy (non-hydrogen) atoms. The van der Waals surface area contributed by atoms with E-state index < -0.39 is 29.3 Å². The first-order valence-corrected chi connectivity index (χ1v) is 10.6. The van der Waals surface area contributed by atoms with Crippen molar-refractivity contribution in [1.29, 1.82) is 0 Å². The second-order valence-electron chi connectivity index (χ2n) is 8.89. The van der Waals surface area contributed by atoms with Crippen LogP contribution >= 0.6 is 0 Å². The third kappa shape index (κ3) is 3.05. The van der Waals surface area contributed by atoms with Crippen molar-refractivity contribution in [2.45, 2.75) is 50.1 Å². The number of hydrogen-bond acceptors (Lipinski definition) is 4. The number of fused-ring (bicyclic) bond motifs is 2. The van der Waals surface area contributed by atoms with Gasteiger partial charge in [-0.1, -0.05) is 18.2 Å². The average Bonchev–Trinajstić information content (AvgIpc) is 3.50. The van der Waals surface area contributed by atoms with Gasteiger partial charge in [0.15, 0.2) is 5.82 Å². The molecule has 0 bridgehead atoms. The Bertz CT molecular complexity index is 1360. The fourth-order valence-electron chi connectivity index (χ4n) is 4.71. The van der Waals surface area contributed by atoms with Crippen LogP contribution in [0.1, 0.15) is 48.9 Å². The number of rotatable bonds is 5. The molecule has 5 rings (SSSR count). The standard InChI is InChI=1S/C23H23F3N4O2/c1-13(14-4-3-5-18-15(14)6-7-23(18,25)26)27-20-17-11-30(22(12-24)8-9-22)19(31)10-16(17)21(32)29(2)28-20/h3-5,10-11,13H,6-9,12H2,1-2H3,(H,27,28)/t13-/m1/s1. The highest BCUT2D eigenvalue weighted by atomic mass is 19.3. The molecule has 3 aromatic rings. The van der Waals surface area contributed by atoms with E-state index in [2.05, 4.69) is 10.4 Å². The van der Waals surface area contributed by atoms with Crippen LogP contribution in [-0.2, 0) is 24.9 Å². The van der Waals surface area contributed by atoms with Gasteiger partial charge in [-0.05, 0) is 37.3 Å². The first-order valence-electron chi connectivity index (χ1n) is 10.6. The number of nitrogens with one attached hydrogen (secondary N) is 1. The first kappa shape index (κ1) is 20.8. The van der Waals surface area contributed by atoms with E-state index in [1.54, 1.807) is 12.1 Å². The van der Waals surface area contributed by atoms with Gasteiger partial charge in [-0.2, -0.15) is 5.10 Å². The van der Waals surface area contributed by atoms with E-state index in [0.29, 0.717) is 29.6 Å². The zero-order valence-electron chi connectivity index (χ0n) is 17.8. The quantitative estimate of drug-likeness (QED) is 0.651. The van der Waals surface area contributed by atoms with Gasteiger partial charge in [-0.15, -0.1) is 0 Å². The Morgan fingerprint density at radius 2 is 1.94 bits per heavy atom. The Morgan fingerprint density at radius 3 is 2.62 bits per heavy atom. The van der Waals surface area contributed by atoms with E-state index in [9.17, 15) is 22.8 Å². The van der Waals surface area contributed by atoms with Crippen LogP contribution in [0.25, 0.3) is 10.8 Å². The molecule has 2 heterocycles. The highest BCUT2D eigenvalue weighted by Crippen LogP contribution is 2.45. The molecule has 0 radical (unpaired) electrons. The van der Waals surface area contributed by atoms with Crippen molar-refractivity contribution < 1.29 is 13.2 Å². The number of benzene rings is 1. The van der Waals surface area contributed by atoms with Crippen LogP contribution < -0.4 is 16.4 Å². The molecule has 168 valence electrons. The fourth-order valence-corrected chi connectivity index (χ4v) is 4.71. The molecule has 0 amide bonds. The van der Waals surface area contributed by atoms with Crippen molar-refractivity contribution in [2.75, 3.05) is 12.0 Å². The minimum absolute atomic E-state index is 0.0504. The summed E-state index contributed by atoms with van der Waals surface area (Å²) in [5, 5.41) is 8.14. The summed E-state index contributed by atoms with van der Waals surface area (Å²) < 4.78 is 44.6. The molecule has 0 aliphatic heterocycles. The molecular weight excluding hydrogens is 421 g/mol. The van der Waals surface area contributed by atoms with E-state index >= 15 is 0 Å². The molecule has 0 unspecified atom stereocenters. The number of aryl methyl sites for hydroxylation is 1. The molecule has 9 heteroatoms. The lowest BCUT2D eigenvalue weighted by Crippen LogP contribution is -2.33. The Hall–Kier alpha value is -3.10. The molecule has 1 atom stereocenters. The van der Waals surface area contributed by atoms with E-state index in [0.717, 1.165) is 10.2 Å². The summed E-state index contributed by atoms with van der Waals surface area (Å²) in [4.78, 5) is 25.2. The summed E-state index contributed by atoms with van der Waals surface area (Å²) in [6.45, 7) is 1.17. The van der Waals surface area contributed by atoms with E-state index in [4.69, 9.17) is 0 Å². The van der Waals surface area contributed by atoms with Crippen molar-refractivity contribution in [3.05, 3.63) is 67.9 Å². The van der Waals surface area contributed by atoms with Gasteiger partial charge in [0.1, 0.15) is 6.67 Å². The van der Waals surface area contributed by atoms with Gasteiger partial charge in [-0.3, -0.25) is 9.59 Å². The highest BCUT2D eigenvalue weighted by molar-refractivity contribution is 5.90. The lowest BCUT2D eigenvalue weighted by molar-refractivity contribution is -0.00184. The Morgan fingerprint density at radius 1 is 1.19 bits per heavy atom. The Labute approximate surface area is 181 Å². The number of alkyl halides is 3. The monoisotopic (exact) mass is 444 g/mol. The summed E-state index contributed by atoms with van der Waals surface area (Å²) >= 11 is 0. The number of pyridine rings is 1. The van der Waals surface area contributed by atoms with Crippen LogP contribution in [0.5, 0.6) is 0 Å². The van der Waals surface area contributed by atoms with E-state index in [1.807, 2.05) is 6.92 Å². The number of nitrogens with zero attached hydrogens (tertiary/aromatic N) is 3. The summed E-state index contributed by atoms with van der Waals surface area (Å²) in [6, 6.07) is 5.73. The fraction of sp³-hybridized carbons (Fsp3) is 0.435.